The van der Waals surface area contributed by atoms with Gasteiger partial charge in [-0.25, -0.2) is 0 Å². The van der Waals surface area contributed by atoms with E-state index in [9.17, 15) is 0 Å². The van der Waals surface area contributed by atoms with Crippen LogP contribution in [0.15, 0.2) is 0 Å². The third-order valence-electron chi connectivity index (χ3n) is 2.16. The molecule has 0 radical (unpaired) electrons. The number of hydrogen-bond donors (Lipinski definition) is 0. The molecule has 0 aliphatic rings. The molecule has 0 rings (SSSR count). The van der Waals surface area contributed by atoms with Gasteiger partial charge < -0.3 is 16.4 Å². The molecule has 0 atom stereocenters. The highest BCUT2D eigenvalue weighted by atomic mass is 16.5. The SMILES string of the molecule is [CH2-]COCCOCCCCCCCC. The lowest BCUT2D eigenvalue weighted by molar-refractivity contribution is 0.0561. The summed E-state index contributed by atoms with van der Waals surface area (Å²) in [6.45, 7) is 8.64. The molecule has 0 aliphatic heterocycles. The summed E-state index contributed by atoms with van der Waals surface area (Å²) in [5.41, 5.74) is 0. The number of unbranched alkanes of at least 4 members (excludes halogenated alkanes) is 5. The van der Waals surface area contributed by atoms with Crippen LogP contribution < -0.4 is 0 Å². The first kappa shape index (κ1) is 13.9. The Balaban J connectivity index is 2.78. The third-order valence-corrected chi connectivity index (χ3v) is 2.16. The van der Waals surface area contributed by atoms with Crippen molar-refractivity contribution in [3.63, 3.8) is 0 Å². The maximum Gasteiger partial charge on any atom is 0.0699 e. The summed E-state index contributed by atoms with van der Waals surface area (Å²) < 4.78 is 10.4. The molecule has 0 bridgehead atoms. The molecule has 2 nitrogen and oxygen atoms in total. The van der Waals surface area contributed by atoms with Crippen LogP contribution in [0.1, 0.15) is 45.4 Å². The highest BCUT2D eigenvalue weighted by Crippen LogP contribution is 2.04. The molecule has 2 heteroatoms. The second-order valence-corrected chi connectivity index (χ2v) is 3.49. The van der Waals surface area contributed by atoms with E-state index in [-0.39, 0.29) is 0 Å². The Hall–Kier alpha value is -0.0800. The molecular weight excluding hydrogens is 176 g/mol. The molecule has 0 aromatic carbocycles. The van der Waals surface area contributed by atoms with Crippen LogP contribution in [0.25, 0.3) is 0 Å². The first-order valence-electron chi connectivity index (χ1n) is 5.86. The lowest BCUT2D eigenvalue weighted by atomic mass is 10.1. The van der Waals surface area contributed by atoms with Crippen LogP contribution in [-0.4, -0.2) is 26.4 Å². The zero-order chi connectivity index (χ0) is 10.5. The van der Waals surface area contributed by atoms with Gasteiger partial charge in [0.05, 0.1) is 13.2 Å². The summed E-state index contributed by atoms with van der Waals surface area (Å²) in [5.74, 6) is 0. The summed E-state index contributed by atoms with van der Waals surface area (Å²) in [4.78, 5) is 0. The predicted molar refractivity (Wildman–Crippen MR) is 60.4 cm³/mol. The smallest absolute Gasteiger partial charge is 0.0699 e. The second kappa shape index (κ2) is 12.9. The quantitative estimate of drug-likeness (QED) is 0.377. The fourth-order valence-corrected chi connectivity index (χ4v) is 1.31. The number of ether oxygens (including phenoxy) is 2. The van der Waals surface area contributed by atoms with E-state index < -0.39 is 0 Å². The largest absolute Gasteiger partial charge is 0.411 e. The molecule has 0 aliphatic carbocycles. The Morgan fingerprint density at radius 2 is 1.43 bits per heavy atom. The van der Waals surface area contributed by atoms with E-state index in [1.807, 2.05) is 0 Å². The van der Waals surface area contributed by atoms with Gasteiger partial charge in [-0.05, 0) is 6.42 Å². The van der Waals surface area contributed by atoms with E-state index in [2.05, 4.69) is 13.8 Å². The molecule has 0 fully saturated rings. The predicted octanol–water partition coefficient (Wildman–Crippen LogP) is 3.21. The van der Waals surface area contributed by atoms with Gasteiger partial charge in [0.1, 0.15) is 0 Å². The minimum absolute atomic E-state index is 0.542. The summed E-state index contributed by atoms with van der Waals surface area (Å²) in [6.07, 6.45) is 7.91. The van der Waals surface area contributed by atoms with Crippen molar-refractivity contribution >= 4 is 0 Å². The highest BCUT2D eigenvalue weighted by Gasteiger charge is 1.90. The molecule has 14 heavy (non-hydrogen) atoms. The van der Waals surface area contributed by atoms with Crippen molar-refractivity contribution in [3.8, 4) is 0 Å². The topological polar surface area (TPSA) is 18.5 Å². The zero-order valence-corrected chi connectivity index (χ0v) is 9.59. The van der Waals surface area contributed by atoms with Crippen molar-refractivity contribution in [2.24, 2.45) is 0 Å². The molecule has 86 valence electrons. The monoisotopic (exact) mass is 201 g/mol. The molecule has 0 saturated heterocycles. The van der Waals surface area contributed by atoms with Crippen molar-refractivity contribution < 1.29 is 9.47 Å². The van der Waals surface area contributed by atoms with Gasteiger partial charge in [0.15, 0.2) is 0 Å². The molecule has 0 saturated carbocycles. The Bertz CT molecular complexity index is 82.3. The number of rotatable bonds is 11. The van der Waals surface area contributed by atoms with Gasteiger partial charge in [0.2, 0.25) is 0 Å². The van der Waals surface area contributed by atoms with Crippen molar-refractivity contribution in [1.29, 1.82) is 0 Å². The maximum absolute atomic E-state index is 5.39. The molecule has 0 amide bonds. The van der Waals surface area contributed by atoms with Gasteiger partial charge >= 0.3 is 0 Å². The lowest BCUT2D eigenvalue weighted by Gasteiger charge is -2.05. The van der Waals surface area contributed by atoms with E-state index >= 15 is 0 Å². The lowest BCUT2D eigenvalue weighted by Crippen LogP contribution is -2.04. The first-order chi connectivity index (χ1) is 6.91. The van der Waals surface area contributed by atoms with Crippen molar-refractivity contribution in [2.45, 2.75) is 45.4 Å². The fourth-order valence-electron chi connectivity index (χ4n) is 1.31. The first-order valence-corrected chi connectivity index (χ1v) is 5.86. The molecule has 0 aromatic heterocycles. The van der Waals surface area contributed by atoms with Crippen LogP contribution in [0.3, 0.4) is 0 Å². The normalized spacial score (nSPS) is 10.7. The second-order valence-electron chi connectivity index (χ2n) is 3.49. The Morgan fingerprint density at radius 3 is 2.14 bits per heavy atom. The van der Waals surface area contributed by atoms with E-state index in [0.29, 0.717) is 19.8 Å². The highest BCUT2D eigenvalue weighted by molar-refractivity contribution is 4.43. The molecule has 0 unspecified atom stereocenters. The summed E-state index contributed by atoms with van der Waals surface area (Å²) >= 11 is 0. The summed E-state index contributed by atoms with van der Waals surface area (Å²) in [5, 5.41) is 0. The van der Waals surface area contributed by atoms with E-state index in [1.165, 1.54) is 38.5 Å². The Labute approximate surface area is 89.0 Å². The fraction of sp³-hybridized carbons (Fsp3) is 0.917. The average molecular weight is 201 g/mol. The molecule has 0 N–H and O–H groups in total. The van der Waals surface area contributed by atoms with Crippen molar-refractivity contribution in [2.75, 3.05) is 26.4 Å². The molecule has 0 spiro atoms. The minimum atomic E-state index is 0.542. The Morgan fingerprint density at radius 1 is 0.786 bits per heavy atom. The van der Waals surface area contributed by atoms with Gasteiger partial charge in [0, 0.05) is 6.61 Å². The average Bonchev–Trinajstić information content (AvgIpc) is 2.21. The van der Waals surface area contributed by atoms with Gasteiger partial charge in [-0.3, -0.25) is 0 Å². The van der Waals surface area contributed by atoms with Gasteiger partial charge in [-0.1, -0.05) is 45.6 Å². The third kappa shape index (κ3) is 11.9. The van der Waals surface area contributed by atoms with Crippen LogP contribution in [-0.2, 0) is 9.47 Å². The van der Waals surface area contributed by atoms with Crippen LogP contribution >= 0.6 is 0 Å². The molecule has 0 aromatic rings. The van der Waals surface area contributed by atoms with E-state index in [1.54, 1.807) is 0 Å². The number of hydrogen-bond acceptors (Lipinski definition) is 2. The van der Waals surface area contributed by atoms with Crippen LogP contribution in [0, 0.1) is 6.92 Å². The maximum atomic E-state index is 5.39. The van der Waals surface area contributed by atoms with Gasteiger partial charge in [-0.15, -0.1) is 0 Å². The van der Waals surface area contributed by atoms with Crippen LogP contribution in [0.5, 0.6) is 0 Å². The van der Waals surface area contributed by atoms with Crippen molar-refractivity contribution in [3.05, 3.63) is 6.92 Å². The van der Waals surface area contributed by atoms with Gasteiger partial charge in [0.25, 0.3) is 0 Å². The molecular formula is C12H25O2-. The van der Waals surface area contributed by atoms with Crippen molar-refractivity contribution in [1.82, 2.24) is 0 Å². The van der Waals surface area contributed by atoms with Crippen LogP contribution in [0.4, 0.5) is 0 Å². The summed E-state index contributed by atoms with van der Waals surface area (Å²) in [6, 6.07) is 0. The Kier molecular flexibility index (Phi) is 12.8. The van der Waals surface area contributed by atoms with Crippen LogP contribution in [0.2, 0.25) is 0 Å². The van der Waals surface area contributed by atoms with E-state index in [0.717, 1.165) is 6.61 Å². The van der Waals surface area contributed by atoms with E-state index in [4.69, 9.17) is 9.47 Å². The zero-order valence-electron chi connectivity index (χ0n) is 9.59. The van der Waals surface area contributed by atoms with Gasteiger partial charge in [-0.2, -0.15) is 0 Å². The summed E-state index contributed by atoms with van der Waals surface area (Å²) in [7, 11) is 0. The minimum Gasteiger partial charge on any atom is -0.411 e. The molecule has 0 heterocycles. The standard InChI is InChI=1S/C12H25O2/c1-3-5-6-7-8-9-10-14-12-11-13-4-2/h2-12H2,1H3/q-1.